The van der Waals surface area contributed by atoms with E-state index in [9.17, 15) is 0 Å². The minimum atomic E-state index is 0.598. The van der Waals surface area contributed by atoms with Gasteiger partial charge in [-0.25, -0.2) is 0 Å². The van der Waals surface area contributed by atoms with E-state index in [1.807, 2.05) is 12.1 Å². The van der Waals surface area contributed by atoms with Crippen molar-refractivity contribution in [1.82, 2.24) is 9.78 Å². The van der Waals surface area contributed by atoms with Crippen LogP contribution in [0.15, 0.2) is 36.7 Å². The van der Waals surface area contributed by atoms with Crippen LogP contribution in [-0.2, 0) is 13.0 Å². The van der Waals surface area contributed by atoms with Crippen LogP contribution < -0.4 is 17.2 Å². The molecule has 1 aromatic heterocycles. The summed E-state index contributed by atoms with van der Waals surface area (Å²) in [5.41, 5.74) is 19.2. The highest BCUT2D eigenvalue weighted by Gasteiger charge is 1.92. The Morgan fingerprint density at radius 2 is 1.76 bits per heavy atom. The Morgan fingerprint density at radius 1 is 1.05 bits per heavy atom. The molecule has 0 saturated carbocycles. The minimum Gasteiger partial charge on any atom is -0.399 e. The van der Waals surface area contributed by atoms with Crippen LogP contribution in [0.1, 0.15) is 31.7 Å². The fraction of sp³-hybridized carbons (Fsp3) is 0.438. The molecule has 0 spiro atoms. The Labute approximate surface area is 127 Å². The molecule has 0 bridgehead atoms. The molecule has 0 fully saturated rings. The van der Waals surface area contributed by atoms with Gasteiger partial charge in [0.25, 0.3) is 0 Å². The first-order chi connectivity index (χ1) is 10.2. The Bertz CT molecular complexity index is 490. The van der Waals surface area contributed by atoms with Crippen molar-refractivity contribution in [2.45, 2.75) is 39.2 Å². The number of nitrogens with zero attached hydrogens (tertiary/aromatic N) is 2. The van der Waals surface area contributed by atoms with E-state index in [2.05, 4.69) is 24.2 Å². The number of aromatic nitrogens is 2. The molecule has 0 aliphatic rings. The number of aryl methyl sites for hydroxylation is 1. The molecule has 2 aromatic rings. The molecule has 1 aromatic carbocycles. The van der Waals surface area contributed by atoms with Crippen LogP contribution in [-0.4, -0.2) is 16.3 Å². The average molecular weight is 289 g/mol. The summed E-state index contributed by atoms with van der Waals surface area (Å²) in [6.45, 7) is 3.56. The van der Waals surface area contributed by atoms with E-state index in [-0.39, 0.29) is 0 Å². The first-order valence-electron chi connectivity index (χ1n) is 7.48. The minimum absolute atomic E-state index is 0.598. The van der Waals surface area contributed by atoms with Crippen molar-refractivity contribution in [3.05, 3.63) is 42.2 Å². The zero-order valence-corrected chi connectivity index (χ0v) is 12.8. The fourth-order valence-electron chi connectivity index (χ4n) is 1.90. The summed E-state index contributed by atoms with van der Waals surface area (Å²) in [6.07, 6.45) is 8.45. The Morgan fingerprint density at radius 3 is 2.29 bits per heavy atom. The molecular weight excluding hydrogens is 262 g/mol. The average Bonchev–Trinajstić information content (AvgIpc) is 2.88. The monoisotopic (exact) mass is 289 g/mol. The van der Waals surface area contributed by atoms with Gasteiger partial charge in [0, 0.05) is 18.4 Å². The molecule has 0 amide bonds. The van der Waals surface area contributed by atoms with Crippen molar-refractivity contribution in [3.8, 4) is 0 Å². The lowest BCUT2D eigenvalue weighted by Crippen LogP contribution is -2.09. The molecule has 2 rings (SSSR count). The zero-order valence-electron chi connectivity index (χ0n) is 12.8. The van der Waals surface area contributed by atoms with Crippen LogP contribution >= 0.6 is 0 Å². The van der Waals surface area contributed by atoms with Crippen molar-refractivity contribution in [2.24, 2.45) is 5.73 Å². The molecule has 0 aliphatic heterocycles. The highest BCUT2D eigenvalue weighted by molar-refractivity contribution is 5.39. The van der Waals surface area contributed by atoms with Crippen molar-refractivity contribution >= 4 is 11.4 Å². The van der Waals surface area contributed by atoms with Gasteiger partial charge in [-0.05, 0) is 30.5 Å². The summed E-state index contributed by atoms with van der Waals surface area (Å²) >= 11 is 0. The van der Waals surface area contributed by atoms with Crippen LogP contribution in [0.5, 0.6) is 0 Å². The van der Waals surface area contributed by atoms with Crippen molar-refractivity contribution in [3.63, 3.8) is 0 Å². The topological polar surface area (TPSA) is 95.9 Å². The number of hydrogen-bond acceptors (Lipinski definition) is 4. The lowest BCUT2D eigenvalue weighted by Gasteiger charge is -2.00. The third kappa shape index (κ3) is 7.37. The lowest BCUT2D eigenvalue weighted by atomic mass is 10.1. The molecule has 1 heterocycles. The number of nitrogen functional groups attached to an aromatic ring is 2. The molecule has 0 unspecified atom stereocenters. The number of anilines is 2. The SMILES string of the molecule is CCCCCc1ccc(N)cc1.NCCn1cc(N)cn1. The van der Waals surface area contributed by atoms with E-state index in [1.54, 1.807) is 17.1 Å². The first kappa shape index (κ1) is 17.0. The highest BCUT2D eigenvalue weighted by atomic mass is 15.3. The summed E-state index contributed by atoms with van der Waals surface area (Å²) in [7, 11) is 0. The normalized spacial score (nSPS) is 10.0. The van der Waals surface area contributed by atoms with Gasteiger partial charge in [-0.2, -0.15) is 5.10 Å². The maximum Gasteiger partial charge on any atom is 0.0719 e. The predicted octanol–water partition coefficient (Wildman–Crippen LogP) is 2.43. The van der Waals surface area contributed by atoms with Crippen LogP contribution in [0.4, 0.5) is 11.4 Å². The van der Waals surface area contributed by atoms with Crippen molar-refractivity contribution < 1.29 is 0 Å². The van der Waals surface area contributed by atoms with Gasteiger partial charge >= 0.3 is 0 Å². The van der Waals surface area contributed by atoms with E-state index in [4.69, 9.17) is 17.2 Å². The molecule has 5 heteroatoms. The Balaban J connectivity index is 0.000000219. The van der Waals surface area contributed by atoms with Crippen LogP contribution in [0.3, 0.4) is 0 Å². The highest BCUT2D eigenvalue weighted by Crippen LogP contribution is 2.09. The maximum absolute atomic E-state index is 5.58. The molecule has 6 N–H and O–H groups in total. The summed E-state index contributed by atoms with van der Waals surface area (Å²) < 4.78 is 1.72. The molecule has 0 atom stereocenters. The van der Waals surface area contributed by atoms with Crippen LogP contribution in [0, 0.1) is 0 Å². The molecule has 5 nitrogen and oxygen atoms in total. The largest absolute Gasteiger partial charge is 0.399 e. The number of nitrogens with two attached hydrogens (primary N) is 3. The van der Waals surface area contributed by atoms with Gasteiger partial charge in [-0.1, -0.05) is 31.9 Å². The van der Waals surface area contributed by atoms with Gasteiger partial charge in [0.1, 0.15) is 0 Å². The maximum atomic E-state index is 5.58. The molecule has 0 aliphatic carbocycles. The smallest absolute Gasteiger partial charge is 0.0719 e. The number of unbranched alkanes of at least 4 members (excludes halogenated alkanes) is 2. The third-order valence-corrected chi connectivity index (χ3v) is 3.06. The zero-order chi connectivity index (χ0) is 15.5. The molecule has 21 heavy (non-hydrogen) atoms. The van der Waals surface area contributed by atoms with Gasteiger partial charge < -0.3 is 17.2 Å². The van der Waals surface area contributed by atoms with E-state index in [1.165, 1.54) is 31.2 Å². The number of rotatable bonds is 6. The Kier molecular flexibility index (Phi) is 7.97. The quantitative estimate of drug-likeness (QED) is 0.562. The molecular formula is C16H27N5. The predicted molar refractivity (Wildman–Crippen MR) is 89.8 cm³/mol. The fourth-order valence-corrected chi connectivity index (χ4v) is 1.90. The summed E-state index contributed by atoms with van der Waals surface area (Å²) in [6, 6.07) is 8.18. The summed E-state index contributed by atoms with van der Waals surface area (Å²) in [4.78, 5) is 0. The second-order valence-electron chi connectivity index (χ2n) is 5.02. The molecule has 0 radical (unpaired) electrons. The van der Waals surface area contributed by atoms with Crippen molar-refractivity contribution in [2.75, 3.05) is 18.0 Å². The number of benzene rings is 1. The van der Waals surface area contributed by atoms with Gasteiger partial charge in [0.05, 0.1) is 18.4 Å². The van der Waals surface area contributed by atoms with E-state index < -0.39 is 0 Å². The van der Waals surface area contributed by atoms with E-state index >= 15 is 0 Å². The third-order valence-electron chi connectivity index (χ3n) is 3.06. The van der Waals surface area contributed by atoms with E-state index in [0.717, 1.165) is 12.2 Å². The summed E-state index contributed by atoms with van der Waals surface area (Å²) in [5, 5.41) is 3.92. The van der Waals surface area contributed by atoms with Crippen LogP contribution in [0.25, 0.3) is 0 Å². The van der Waals surface area contributed by atoms with Gasteiger partial charge in [-0.15, -0.1) is 0 Å². The standard InChI is InChI=1S/C11H17N.C5H10N4/c1-2-3-4-5-10-6-8-11(12)9-7-10;6-1-2-9-4-5(7)3-8-9/h6-9H,2-5,12H2,1H3;3-4H,1-2,6-7H2. The first-order valence-corrected chi connectivity index (χ1v) is 7.48. The van der Waals surface area contributed by atoms with E-state index in [0.29, 0.717) is 12.2 Å². The molecule has 0 saturated heterocycles. The van der Waals surface area contributed by atoms with Crippen LogP contribution in [0.2, 0.25) is 0 Å². The van der Waals surface area contributed by atoms with Gasteiger partial charge in [-0.3, -0.25) is 4.68 Å². The number of hydrogen-bond donors (Lipinski definition) is 3. The van der Waals surface area contributed by atoms with Gasteiger partial charge in [0.2, 0.25) is 0 Å². The second-order valence-corrected chi connectivity index (χ2v) is 5.02. The van der Waals surface area contributed by atoms with Gasteiger partial charge in [0.15, 0.2) is 0 Å². The van der Waals surface area contributed by atoms with Crippen molar-refractivity contribution in [1.29, 1.82) is 0 Å². The summed E-state index contributed by atoms with van der Waals surface area (Å²) in [5.74, 6) is 0. The Hall–Kier alpha value is -2.01. The molecule has 116 valence electrons. The lowest BCUT2D eigenvalue weighted by molar-refractivity contribution is 0.625. The second kappa shape index (κ2) is 9.83.